The number of carboxylic acid groups (broad SMARTS) is 1. The molecule has 0 aromatic heterocycles. The Hall–Kier alpha value is -1.71. The average Bonchev–Trinajstić information content (AvgIpc) is 3.41. The lowest BCUT2D eigenvalue weighted by Gasteiger charge is -2.26. The molecule has 0 spiro atoms. The van der Waals surface area contributed by atoms with Crippen LogP contribution in [0.4, 0.5) is 0 Å². The van der Waals surface area contributed by atoms with Crippen LogP contribution in [0.1, 0.15) is 367 Å². The molecule has 0 heterocycles. The molecule has 2 unspecified atom stereocenters. The summed E-state index contributed by atoms with van der Waals surface area (Å²) in [7, 11) is 5.94. The van der Waals surface area contributed by atoms with Gasteiger partial charge in [-0.1, -0.05) is 341 Å². The molecule has 0 radical (unpaired) electrons. The number of hydrogen-bond donors (Lipinski definition) is 0. The summed E-state index contributed by atoms with van der Waals surface area (Å²) in [5, 5.41) is 11.8. The molecule has 0 bridgehead atoms. The second-order valence-electron chi connectivity index (χ2n) is 25.2. The number of likely N-dealkylation sites (N-methyl/N-ethyl adjacent to an activating group) is 1. The molecule has 2 atom stereocenters. The summed E-state index contributed by atoms with van der Waals surface area (Å²) in [6.45, 7) is 4.82. The fourth-order valence-corrected chi connectivity index (χ4v) is 10.8. The van der Waals surface area contributed by atoms with Gasteiger partial charge < -0.3 is 33.3 Å². The van der Waals surface area contributed by atoms with Crippen molar-refractivity contribution in [3.05, 3.63) is 0 Å². The molecular formula is C69H135NO8. The summed E-state index contributed by atoms with van der Waals surface area (Å²) in [6, 6.07) is 0. The number of nitrogens with zero attached hydrogens (tertiary/aromatic N) is 1. The van der Waals surface area contributed by atoms with E-state index in [9.17, 15) is 19.5 Å². The van der Waals surface area contributed by atoms with E-state index in [0.717, 1.165) is 38.5 Å². The third-order valence-corrected chi connectivity index (χ3v) is 16.1. The molecule has 0 aromatic carbocycles. The van der Waals surface area contributed by atoms with E-state index in [1.165, 1.54) is 302 Å². The summed E-state index contributed by atoms with van der Waals surface area (Å²) in [5.74, 6) is -2.25. The van der Waals surface area contributed by atoms with Gasteiger partial charge >= 0.3 is 11.9 Å². The van der Waals surface area contributed by atoms with E-state index in [2.05, 4.69) is 13.8 Å². The number of aliphatic carboxylic acids is 1. The summed E-state index contributed by atoms with van der Waals surface area (Å²) in [6.07, 6.45) is 69.3. The van der Waals surface area contributed by atoms with Gasteiger partial charge in [0.25, 0.3) is 0 Å². The van der Waals surface area contributed by atoms with Crippen LogP contribution in [0, 0.1) is 0 Å². The molecule has 0 fully saturated rings. The number of rotatable bonds is 66. The van der Waals surface area contributed by atoms with Crippen molar-refractivity contribution in [1.29, 1.82) is 0 Å². The van der Waals surface area contributed by atoms with Crippen LogP contribution in [0.15, 0.2) is 0 Å². The van der Waals surface area contributed by atoms with Crippen molar-refractivity contribution in [2.24, 2.45) is 0 Å². The minimum atomic E-state index is -1.61. The van der Waals surface area contributed by atoms with Crippen LogP contribution in [0.3, 0.4) is 0 Å². The SMILES string of the molecule is CCCCCCCCCCCCCCCCCCCCCCCCCCCCCCCCCCCCCCCCC(=O)OC(COC(=O)CCCCCCCCCCCCCCCCC)COC(OCC[N+](C)(C)C)C(=O)[O-]. The van der Waals surface area contributed by atoms with Gasteiger partial charge in [0.2, 0.25) is 0 Å². The quantitative estimate of drug-likeness (QED) is 0.0256. The standard InChI is InChI=1S/C69H135NO8/c1-6-8-10-12-14-16-18-20-22-23-24-25-26-27-28-29-30-31-32-33-34-35-36-37-38-39-40-41-42-43-44-46-48-50-52-54-56-58-60-67(72)78-65(64-77-69(68(73)74)75-62-61-70(3,4)5)63-76-66(71)59-57-55-53-51-49-47-45-21-19-17-15-13-11-9-7-2/h65,69H,6-64H2,1-5H3. The Kier molecular flexibility index (Phi) is 60.0. The van der Waals surface area contributed by atoms with E-state index in [4.69, 9.17) is 18.9 Å². The lowest BCUT2D eigenvalue weighted by molar-refractivity contribution is -0.870. The Bertz CT molecular complexity index is 1240. The summed E-state index contributed by atoms with van der Waals surface area (Å²) < 4.78 is 22.8. The normalized spacial score (nSPS) is 12.6. The fourth-order valence-electron chi connectivity index (χ4n) is 10.8. The molecule has 0 N–H and O–H groups in total. The number of carboxylic acids is 1. The maximum Gasteiger partial charge on any atom is 0.306 e. The fraction of sp³-hybridized carbons (Fsp3) is 0.957. The molecule has 78 heavy (non-hydrogen) atoms. The summed E-state index contributed by atoms with van der Waals surface area (Å²) in [5.41, 5.74) is 0. The minimum Gasteiger partial charge on any atom is -0.545 e. The smallest absolute Gasteiger partial charge is 0.306 e. The van der Waals surface area contributed by atoms with Gasteiger partial charge in [0, 0.05) is 12.8 Å². The predicted molar refractivity (Wildman–Crippen MR) is 330 cm³/mol. The zero-order chi connectivity index (χ0) is 56.9. The molecule has 9 heteroatoms. The highest BCUT2D eigenvalue weighted by Gasteiger charge is 2.22. The zero-order valence-corrected chi connectivity index (χ0v) is 53.1. The Balaban J connectivity index is 3.90. The summed E-state index contributed by atoms with van der Waals surface area (Å²) >= 11 is 0. The van der Waals surface area contributed by atoms with Crippen LogP contribution in [0.25, 0.3) is 0 Å². The van der Waals surface area contributed by atoms with Crippen LogP contribution < -0.4 is 5.11 Å². The first kappa shape index (κ1) is 76.3. The number of carbonyl (C=O) groups excluding carboxylic acids is 3. The van der Waals surface area contributed by atoms with Crippen molar-refractivity contribution in [2.75, 3.05) is 47.5 Å². The van der Waals surface area contributed by atoms with Crippen LogP contribution in [0.2, 0.25) is 0 Å². The largest absolute Gasteiger partial charge is 0.545 e. The second-order valence-corrected chi connectivity index (χ2v) is 25.2. The lowest BCUT2D eigenvalue weighted by Crippen LogP contribution is -2.44. The van der Waals surface area contributed by atoms with E-state index >= 15 is 0 Å². The molecule has 0 amide bonds. The Morgan fingerprint density at radius 2 is 0.577 bits per heavy atom. The molecule has 0 saturated carbocycles. The number of ether oxygens (including phenoxy) is 4. The van der Waals surface area contributed by atoms with Crippen molar-refractivity contribution >= 4 is 17.9 Å². The van der Waals surface area contributed by atoms with Gasteiger partial charge in [0.05, 0.1) is 40.3 Å². The average molecular weight is 1110 g/mol. The van der Waals surface area contributed by atoms with Gasteiger partial charge in [-0.2, -0.15) is 0 Å². The number of unbranched alkanes of at least 4 members (excludes halogenated alkanes) is 51. The molecule has 464 valence electrons. The van der Waals surface area contributed by atoms with E-state index in [1.807, 2.05) is 21.1 Å². The first-order valence-electron chi connectivity index (χ1n) is 34.7. The Labute approximate surface area is 485 Å². The number of hydrogen-bond acceptors (Lipinski definition) is 8. The van der Waals surface area contributed by atoms with Gasteiger partial charge in [-0.05, 0) is 12.8 Å². The third kappa shape index (κ3) is 61.9. The summed E-state index contributed by atoms with van der Waals surface area (Å²) in [4.78, 5) is 37.3. The monoisotopic (exact) mass is 1110 g/mol. The predicted octanol–water partition coefficient (Wildman–Crippen LogP) is 19.8. The van der Waals surface area contributed by atoms with Gasteiger partial charge in [0.1, 0.15) is 13.2 Å². The van der Waals surface area contributed by atoms with Crippen LogP contribution >= 0.6 is 0 Å². The Morgan fingerprint density at radius 3 is 0.821 bits per heavy atom. The molecule has 0 rings (SSSR count). The number of esters is 2. The first-order chi connectivity index (χ1) is 38.1. The zero-order valence-electron chi connectivity index (χ0n) is 53.1. The number of carbonyl (C=O) groups is 3. The molecule has 0 aliphatic heterocycles. The molecule has 0 aliphatic carbocycles. The molecular weight excluding hydrogens is 971 g/mol. The highest BCUT2D eigenvalue weighted by molar-refractivity contribution is 5.70. The van der Waals surface area contributed by atoms with Crippen molar-refractivity contribution < 1.29 is 42.9 Å². The maximum atomic E-state index is 12.9. The number of quaternary nitrogens is 1. The first-order valence-corrected chi connectivity index (χ1v) is 34.7. The molecule has 0 aliphatic rings. The maximum absolute atomic E-state index is 12.9. The highest BCUT2D eigenvalue weighted by Crippen LogP contribution is 2.19. The van der Waals surface area contributed by atoms with Gasteiger partial charge in [-0.3, -0.25) is 9.59 Å². The van der Waals surface area contributed by atoms with E-state index in [-0.39, 0.29) is 32.2 Å². The van der Waals surface area contributed by atoms with Crippen molar-refractivity contribution in [3.63, 3.8) is 0 Å². The molecule has 9 nitrogen and oxygen atoms in total. The van der Waals surface area contributed by atoms with Crippen LogP contribution in [0.5, 0.6) is 0 Å². The van der Waals surface area contributed by atoms with E-state index in [0.29, 0.717) is 17.4 Å². The minimum absolute atomic E-state index is 0.153. The Morgan fingerprint density at radius 1 is 0.333 bits per heavy atom. The van der Waals surface area contributed by atoms with Crippen LogP contribution in [-0.2, 0) is 33.3 Å². The van der Waals surface area contributed by atoms with E-state index < -0.39 is 24.3 Å². The molecule has 0 saturated heterocycles. The van der Waals surface area contributed by atoms with Gasteiger partial charge in [-0.25, -0.2) is 0 Å². The van der Waals surface area contributed by atoms with Gasteiger partial charge in [-0.15, -0.1) is 0 Å². The van der Waals surface area contributed by atoms with Crippen LogP contribution in [-0.4, -0.2) is 82.3 Å². The van der Waals surface area contributed by atoms with Gasteiger partial charge in [0.15, 0.2) is 12.4 Å². The third-order valence-electron chi connectivity index (χ3n) is 16.1. The highest BCUT2D eigenvalue weighted by atomic mass is 16.7. The van der Waals surface area contributed by atoms with Crippen molar-refractivity contribution in [3.8, 4) is 0 Å². The van der Waals surface area contributed by atoms with Crippen molar-refractivity contribution in [1.82, 2.24) is 0 Å². The van der Waals surface area contributed by atoms with E-state index in [1.54, 1.807) is 0 Å². The topological polar surface area (TPSA) is 111 Å². The lowest BCUT2D eigenvalue weighted by atomic mass is 10.0. The molecule has 0 aromatic rings. The second kappa shape index (κ2) is 61.4. The van der Waals surface area contributed by atoms with Crippen molar-refractivity contribution in [2.45, 2.75) is 379 Å².